The summed E-state index contributed by atoms with van der Waals surface area (Å²) in [6.45, 7) is 8.63. The number of halogens is 1. The van der Waals surface area contributed by atoms with Crippen molar-refractivity contribution in [3.63, 3.8) is 0 Å². The average molecular weight is 445 g/mol. The largest absolute Gasteiger partial charge is 0.494 e. The van der Waals surface area contributed by atoms with Gasteiger partial charge < -0.3 is 15.0 Å². The first kappa shape index (κ1) is 24.7. The van der Waals surface area contributed by atoms with E-state index in [-0.39, 0.29) is 17.9 Å². The van der Waals surface area contributed by atoms with Crippen molar-refractivity contribution in [1.29, 1.82) is 0 Å². The molecule has 31 heavy (non-hydrogen) atoms. The van der Waals surface area contributed by atoms with Gasteiger partial charge in [0.15, 0.2) is 0 Å². The summed E-state index contributed by atoms with van der Waals surface area (Å²) < 4.78 is 5.71. The van der Waals surface area contributed by atoms with E-state index in [1.165, 1.54) is 0 Å². The third-order valence-electron chi connectivity index (χ3n) is 5.04. The number of hydrogen-bond donors (Lipinski definition) is 1. The summed E-state index contributed by atoms with van der Waals surface area (Å²) in [7, 11) is 0. The van der Waals surface area contributed by atoms with Crippen LogP contribution >= 0.6 is 11.6 Å². The molecule has 2 aromatic rings. The summed E-state index contributed by atoms with van der Waals surface area (Å²) in [6.07, 6.45) is 1.43. The maximum absolute atomic E-state index is 13.2. The molecule has 2 rings (SSSR count). The summed E-state index contributed by atoms with van der Waals surface area (Å²) in [5.41, 5.74) is 2.15. The van der Waals surface area contributed by atoms with Crippen molar-refractivity contribution in [3.05, 3.63) is 64.7 Å². The van der Waals surface area contributed by atoms with Crippen LogP contribution in [0.2, 0.25) is 5.02 Å². The van der Waals surface area contributed by atoms with Gasteiger partial charge in [-0.3, -0.25) is 9.59 Å². The SMILES string of the molecule is CCC(C(=O)NC(C)C)N(Cc1ccccc1C)C(=O)CCCOc1ccc(Cl)cc1. The Labute approximate surface area is 190 Å². The fraction of sp³-hybridized carbons (Fsp3) is 0.440. The minimum Gasteiger partial charge on any atom is -0.494 e. The average Bonchev–Trinajstić information content (AvgIpc) is 2.73. The van der Waals surface area contributed by atoms with E-state index >= 15 is 0 Å². The van der Waals surface area contributed by atoms with Crippen LogP contribution in [0.15, 0.2) is 48.5 Å². The maximum Gasteiger partial charge on any atom is 0.243 e. The fourth-order valence-electron chi connectivity index (χ4n) is 3.36. The van der Waals surface area contributed by atoms with Crippen molar-refractivity contribution in [2.75, 3.05) is 6.61 Å². The van der Waals surface area contributed by atoms with E-state index < -0.39 is 6.04 Å². The van der Waals surface area contributed by atoms with Crippen LogP contribution < -0.4 is 10.1 Å². The van der Waals surface area contributed by atoms with E-state index in [2.05, 4.69) is 5.32 Å². The molecule has 168 valence electrons. The number of ether oxygens (including phenoxy) is 1. The van der Waals surface area contributed by atoms with Crippen LogP contribution in [-0.2, 0) is 16.1 Å². The molecule has 0 radical (unpaired) electrons. The van der Waals surface area contributed by atoms with Gasteiger partial charge >= 0.3 is 0 Å². The van der Waals surface area contributed by atoms with Crippen LogP contribution in [0.5, 0.6) is 5.75 Å². The fourth-order valence-corrected chi connectivity index (χ4v) is 3.49. The summed E-state index contributed by atoms with van der Waals surface area (Å²) in [5.74, 6) is 0.557. The van der Waals surface area contributed by atoms with Crippen molar-refractivity contribution < 1.29 is 14.3 Å². The van der Waals surface area contributed by atoms with Crippen LogP contribution in [0.3, 0.4) is 0 Å². The third-order valence-corrected chi connectivity index (χ3v) is 5.29. The first-order chi connectivity index (χ1) is 14.8. The van der Waals surface area contributed by atoms with Gasteiger partial charge in [0.25, 0.3) is 0 Å². The smallest absolute Gasteiger partial charge is 0.243 e. The molecule has 2 aromatic carbocycles. The van der Waals surface area contributed by atoms with Gasteiger partial charge in [-0.2, -0.15) is 0 Å². The van der Waals surface area contributed by atoms with Crippen LogP contribution in [0.1, 0.15) is 51.2 Å². The Morgan fingerprint density at radius 3 is 2.39 bits per heavy atom. The van der Waals surface area contributed by atoms with E-state index in [9.17, 15) is 9.59 Å². The van der Waals surface area contributed by atoms with Crippen molar-refractivity contribution in [1.82, 2.24) is 10.2 Å². The molecule has 5 nitrogen and oxygen atoms in total. The Hall–Kier alpha value is -2.53. The zero-order valence-electron chi connectivity index (χ0n) is 18.9. The summed E-state index contributed by atoms with van der Waals surface area (Å²) in [4.78, 5) is 27.7. The highest BCUT2D eigenvalue weighted by molar-refractivity contribution is 6.30. The number of amides is 2. The quantitative estimate of drug-likeness (QED) is 0.488. The molecule has 0 bridgehead atoms. The molecule has 0 aliphatic carbocycles. The number of carbonyl (C=O) groups excluding carboxylic acids is 2. The van der Waals surface area contributed by atoms with Crippen LogP contribution in [-0.4, -0.2) is 35.4 Å². The maximum atomic E-state index is 13.2. The Balaban J connectivity index is 2.06. The Morgan fingerprint density at radius 2 is 1.77 bits per heavy atom. The first-order valence-electron chi connectivity index (χ1n) is 10.8. The van der Waals surface area contributed by atoms with E-state index in [4.69, 9.17) is 16.3 Å². The second kappa shape index (κ2) is 12.4. The lowest BCUT2D eigenvalue weighted by Gasteiger charge is -2.31. The lowest BCUT2D eigenvalue weighted by Crippen LogP contribution is -2.50. The predicted molar refractivity (Wildman–Crippen MR) is 125 cm³/mol. The second-order valence-electron chi connectivity index (χ2n) is 7.94. The van der Waals surface area contributed by atoms with Gasteiger partial charge in [0.1, 0.15) is 11.8 Å². The molecule has 0 saturated carbocycles. The van der Waals surface area contributed by atoms with E-state index in [1.54, 1.807) is 29.2 Å². The normalized spacial score (nSPS) is 11.8. The molecular formula is C25H33ClN2O3. The van der Waals surface area contributed by atoms with E-state index in [0.29, 0.717) is 37.4 Å². The molecular weight excluding hydrogens is 412 g/mol. The molecule has 0 aromatic heterocycles. The number of benzene rings is 2. The van der Waals surface area contributed by atoms with Gasteiger partial charge in [-0.25, -0.2) is 0 Å². The lowest BCUT2D eigenvalue weighted by atomic mass is 10.0. The zero-order valence-corrected chi connectivity index (χ0v) is 19.6. The summed E-state index contributed by atoms with van der Waals surface area (Å²) in [5, 5.41) is 3.61. The van der Waals surface area contributed by atoms with Crippen molar-refractivity contribution in [2.45, 2.75) is 65.6 Å². The monoisotopic (exact) mass is 444 g/mol. The van der Waals surface area contributed by atoms with Gasteiger partial charge in [-0.05, 0) is 69.0 Å². The molecule has 0 heterocycles. The van der Waals surface area contributed by atoms with Crippen LogP contribution in [0, 0.1) is 6.92 Å². The Bertz CT molecular complexity index is 852. The summed E-state index contributed by atoms with van der Waals surface area (Å²) in [6, 6.07) is 14.6. The van der Waals surface area contributed by atoms with Crippen molar-refractivity contribution >= 4 is 23.4 Å². The van der Waals surface area contributed by atoms with Crippen LogP contribution in [0.25, 0.3) is 0 Å². The number of nitrogens with one attached hydrogen (secondary N) is 1. The number of carbonyl (C=O) groups is 2. The minimum absolute atomic E-state index is 0.0183. The van der Waals surface area contributed by atoms with Crippen LogP contribution in [0.4, 0.5) is 0 Å². The molecule has 2 amide bonds. The van der Waals surface area contributed by atoms with E-state index in [0.717, 1.165) is 16.9 Å². The highest BCUT2D eigenvalue weighted by Gasteiger charge is 2.28. The Morgan fingerprint density at radius 1 is 1.10 bits per heavy atom. The molecule has 0 spiro atoms. The molecule has 6 heteroatoms. The lowest BCUT2D eigenvalue weighted by molar-refractivity contribution is -0.141. The van der Waals surface area contributed by atoms with Crippen molar-refractivity contribution in [2.24, 2.45) is 0 Å². The Kier molecular flexibility index (Phi) is 9.86. The van der Waals surface area contributed by atoms with Gasteiger partial charge in [0.05, 0.1) is 6.61 Å². The standard InChI is InChI=1S/C25H33ClN2O3/c1-5-23(25(30)27-18(2)3)28(17-20-10-7-6-9-19(20)4)24(29)11-8-16-31-22-14-12-21(26)13-15-22/h6-7,9-10,12-15,18,23H,5,8,11,16-17H2,1-4H3,(H,27,30). The van der Waals surface area contributed by atoms with Gasteiger partial charge in [-0.1, -0.05) is 42.8 Å². The zero-order chi connectivity index (χ0) is 22.8. The highest BCUT2D eigenvalue weighted by Crippen LogP contribution is 2.18. The third kappa shape index (κ3) is 7.91. The highest BCUT2D eigenvalue weighted by atomic mass is 35.5. The number of aryl methyl sites for hydroxylation is 1. The molecule has 0 aliphatic rings. The first-order valence-corrected chi connectivity index (χ1v) is 11.2. The van der Waals surface area contributed by atoms with E-state index in [1.807, 2.05) is 52.0 Å². The number of nitrogens with zero attached hydrogens (tertiary/aromatic N) is 1. The molecule has 0 fully saturated rings. The molecule has 0 saturated heterocycles. The number of hydrogen-bond acceptors (Lipinski definition) is 3. The second-order valence-corrected chi connectivity index (χ2v) is 8.38. The molecule has 1 N–H and O–H groups in total. The minimum atomic E-state index is -0.508. The van der Waals surface area contributed by atoms with Gasteiger partial charge in [-0.15, -0.1) is 0 Å². The molecule has 1 atom stereocenters. The molecule has 1 unspecified atom stereocenters. The van der Waals surface area contributed by atoms with Gasteiger partial charge in [0.2, 0.25) is 11.8 Å². The molecule has 0 aliphatic heterocycles. The topological polar surface area (TPSA) is 58.6 Å². The predicted octanol–water partition coefficient (Wildman–Crippen LogP) is 5.14. The van der Waals surface area contributed by atoms with Crippen molar-refractivity contribution in [3.8, 4) is 5.75 Å². The summed E-state index contributed by atoms with van der Waals surface area (Å²) >= 11 is 5.89. The van der Waals surface area contributed by atoms with Gasteiger partial charge in [0, 0.05) is 24.0 Å². The number of rotatable bonds is 11.